The Morgan fingerprint density at radius 2 is 1.70 bits per heavy atom. The summed E-state index contributed by atoms with van der Waals surface area (Å²) < 4.78 is 27.0. The number of carboxylic acid groups (broad SMARTS) is 1. The molecule has 0 spiro atoms. The Bertz CT molecular complexity index is 1350. The highest BCUT2D eigenvalue weighted by molar-refractivity contribution is 7.92. The van der Waals surface area contributed by atoms with Gasteiger partial charge in [-0.1, -0.05) is 11.6 Å². The highest BCUT2D eigenvalue weighted by Crippen LogP contribution is 2.26. The summed E-state index contributed by atoms with van der Waals surface area (Å²) in [5.74, 6) is -0.505. The molecule has 2 N–H and O–H groups in total. The predicted molar refractivity (Wildman–Crippen MR) is 116 cm³/mol. The van der Waals surface area contributed by atoms with Crippen LogP contribution in [0, 0.1) is 0 Å². The monoisotopic (exact) mass is 441 g/mol. The van der Waals surface area contributed by atoms with Crippen LogP contribution >= 0.6 is 11.6 Å². The molecule has 30 heavy (non-hydrogen) atoms. The number of carbonyl (C=O) groups is 1. The van der Waals surface area contributed by atoms with Crippen molar-refractivity contribution in [3.8, 4) is 11.4 Å². The lowest BCUT2D eigenvalue weighted by Gasteiger charge is -2.19. The molecule has 0 aliphatic rings. The summed E-state index contributed by atoms with van der Waals surface area (Å²) in [7, 11) is -2.27. The number of nitrogens with zero attached hydrogens (tertiary/aromatic N) is 2. The van der Waals surface area contributed by atoms with E-state index in [1.165, 1.54) is 35.6 Å². The number of aromatic nitrogens is 2. The number of H-pyrrole nitrogens is 1. The van der Waals surface area contributed by atoms with Gasteiger partial charge in [-0.3, -0.25) is 4.31 Å². The van der Waals surface area contributed by atoms with Crippen LogP contribution in [0.3, 0.4) is 0 Å². The molecule has 152 valence electrons. The third-order valence-electron chi connectivity index (χ3n) is 4.71. The average Bonchev–Trinajstić information content (AvgIpc) is 3.17. The Balaban J connectivity index is 1.64. The zero-order valence-corrected chi connectivity index (χ0v) is 17.3. The number of halogens is 1. The number of aromatic amines is 1. The van der Waals surface area contributed by atoms with E-state index in [9.17, 15) is 13.2 Å². The molecular formula is C21H16ClN3O4S. The minimum absolute atomic E-state index is 0.132. The number of nitrogens with one attached hydrogen (secondary N) is 1. The molecule has 0 saturated heterocycles. The first-order valence-corrected chi connectivity index (χ1v) is 10.7. The van der Waals surface area contributed by atoms with E-state index in [0.29, 0.717) is 33.1 Å². The van der Waals surface area contributed by atoms with Gasteiger partial charge in [0.15, 0.2) is 0 Å². The molecule has 0 bridgehead atoms. The van der Waals surface area contributed by atoms with Crippen LogP contribution < -0.4 is 4.31 Å². The maximum atomic E-state index is 12.9. The number of sulfonamides is 1. The van der Waals surface area contributed by atoms with Crippen molar-refractivity contribution in [3.63, 3.8) is 0 Å². The van der Waals surface area contributed by atoms with Gasteiger partial charge in [-0.2, -0.15) is 0 Å². The van der Waals surface area contributed by atoms with Crippen LogP contribution in [0.4, 0.5) is 5.69 Å². The number of carboxylic acids is 1. The summed E-state index contributed by atoms with van der Waals surface area (Å²) in [4.78, 5) is 18.8. The van der Waals surface area contributed by atoms with Gasteiger partial charge in [0, 0.05) is 17.6 Å². The molecule has 0 aliphatic carbocycles. The number of anilines is 1. The van der Waals surface area contributed by atoms with Crippen LogP contribution in [-0.4, -0.2) is 36.5 Å². The number of hydrogen-bond acceptors (Lipinski definition) is 4. The molecule has 4 rings (SSSR count). The Morgan fingerprint density at radius 1 is 1.03 bits per heavy atom. The highest BCUT2D eigenvalue weighted by atomic mass is 35.5. The molecule has 1 heterocycles. The summed E-state index contributed by atoms with van der Waals surface area (Å²) in [6.45, 7) is 0. The maximum absolute atomic E-state index is 12.9. The molecule has 0 aliphatic heterocycles. The van der Waals surface area contributed by atoms with Gasteiger partial charge in [0.25, 0.3) is 10.0 Å². The van der Waals surface area contributed by atoms with E-state index < -0.39 is 16.0 Å². The largest absolute Gasteiger partial charge is 0.478 e. The Kier molecular flexibility index (Phi) is 4.97. The molecule has 0 amide bonds. The van der Waals surface area contributed by atoms with Crippen molar-refractivity contribution in [1.29, 1.82) is 0 Å². The molecule has 1 aromatic heterocycles. The van der Waals surface area contributed by atoms with Gasteiger partial charge in [-0.15, -0.1) is 0 Å². The second kappa shape index (κ2) is 7.47. The highest BCUT2D eigenvalue weighted by Gasteiger charge is 2.21. The molecule has 0 unspecified atom stereocenters. The van der Waals surface area contributed by atoms with Crippen molar-refractivity contribution in [2.45, 2.75) is 4.90 Å². The van der Waals surface area contributed by atoms with E-state index in [1.54, 1.807) is 42.5 Å². The van der Waals surface area contributed by atoms with E-state index in [2.05, 4.69) is 9.97 Å². The van der Waals surface area contributed by atoms with E-state index in [0.717, 1.165) is 0 Å². The molecule has 0 saturated carbocycles. The number of aromatic carboxylic acids is 1. The van der Waals surface area contributed by atoms with Gasteiger partial charge in [0.1, 0.15) is 5.82 Å². The summed E-state index contributed by atoms with van der Waals surface area (Å²) in [6, 6.07) is 17.5. The summed E-state index contributed by atoms with van der Waals surface area (Å²) in [5.41, 5.74) is 2.54. The number of hydrogen-bond donors (Lipinski definition) is 2. The Morgan fingerprint density at radius 3 is 2.33 bits per heavy atom. The van der Waals surface area contributed by atoms with Crippen LogP contribution in [-0.2, 0) is 10.0 Å². The first-order chi connectivity index (χ1) is 14.3. The predicted octanol–water partition coefficient (Wildman–Crippen LogP) is 4.41. The van der Waals surface area contributed by atoms with Gasteiger partial charge < -0.3 is 10.1 Å². The normalized spacial score (nSPS) is 11.5. The van der Waals surface area contributed by atoms with Crippen molar-refractivity contribution in [1.82, 2.24) is 9.97 Å². The van der Waals surface area contributed by atoms with Gasteiger partial charge in [-0.25, -0.2) is 18.2 Å². The first-order valence-electron chi connectivity index (χ1n) is 8.84. The summed E-state index contributed by atoms with van der Waals surface area (Å²) in [5, 5.41) is 9.64. The molecular weight excluding hydrogens is 426 g/mol. The lowest BCUT2D eigenvalue weighted by Crippen LogP contribution is -2.26. The number of rotatable bonds is 5. The van der Waals surface area contributed by atoms with E-state index in [4.69, 9.17) is 16.7 Å². The third-order valence-corrected chi connectivity index (χ3v) is 6.76. The quantitative estimate of drug-likeness (QED) is 0.477. The molecule has 3 aromatic carbocycles. The van der Waals surface area contributed by atoms with Crippen molar-refractivity contribution in [2.24, 2.45) is 0 Å². The minimum Gasteiger partial charge on any atom is -0.478 e. The van der Waals surface area contributed by atoms with Crippen LogP contribution in [0.2, 0.25) is 5.02 Å². The van der Waals surface area contributed by atoms with Crippen molar-refractivity contribution >= 4 is 44.3 Å². The van der Waals surface area contributed by atoms with E-state index >= 15 is 0 Å². The molecule has 9 heteroatoms. The molecule has 0 atom stereocenters. The van der Waals surface area contributed by atoms with Crippen molar-refractivity contribution < 1.29 is 18.3 Å². The zero-order chi connectivity index (χ0) is 21.5. The van der Waals surface area contributed by atoms with Crippen LogP contribution in [0.15, 0.2) is 71.6 Å². The Hall–Kier alpha value is -3.36. The first kappa shape index (κ1) is 19.9. The van der Waals surface area contributed by atoms with E-state index in [1.807, 2.05) is 0 Å². The molecule has 0 radical (unpaired) electrons. The average molecular weight is 442 g/mol. The lowest BCUT2D eigenvalue weighted by atomic mass is 10.2. The molecule has 7 nitrogen and oxygen atoms in total. The maximum Gasteiger partial charge on any atom is 0.335 e. The second-order valence-electron chi connectivity index (χ2n) is 6.60. The van der Waals surface area contributed by atoms with Gasteiger partial charge in [-0.05, 0) is 66.7 Å². The lowest BCUT2D eigenvalue weighted by molar-refractivity contribution is 0.0697. The zero-order valence-electron chi connectivity index (χ0n) is 15.7. The molecule has 4 aromatic rings. The van der Waals surface area contributed by atoms with Crippen molar-refractivity contribution in [3.05, 3.63) is 77.3 Å². The van der Waals surface area contributed by atoms with Gasteiger partial charge in [0.05, 0.1) is 27.2 Å². The topological polar surface area (TPSA) is 103 Å². The fraction of sp³-hybridized carbons (Fsp3) is 0.0476. The van der Waals surface area contributed by atoms with E-state index in [-0.39, 0.29) is 10.5 Å². The third kappa shape index (κ3) is 3.62. The summed E-state index contributed by atoms with van der Waals surface area (Å²) >= 11 is 5.87. The number of imidazole rings is 1. The SMILES string of the molecule is CN(c1ccc(Cl)cc1)S(=O)(=O)c1ccc(-c2nc3ccc(C(=O)O)cc3[nH]2)cc1. The van der Waals surface area contributed by atoms with Crippen LogP contribution in [0.1, 0.15) is 10.4 Å². The minimum atomic E-state index is -3.75. The number of benzene rings is 3. The standard InChI is InChI=1S/C21H16ClN3O4S/c1-25(16-7-5-15(22)6-8-16)30(28,29)17-9-2-13(3-10-17)20-23-18-11-4-14(21(26)27)12-19(18)24-20/h2-12H,1H3,(H,23,24)(H,26,27). The smallest absolute Gasteiger partial charge is 0.335 e. The summed E-state index contributed by atoms with van der Waals surface area (Å²) in [6.07, 6.45) is 0. The fourth-order valence-electron chi connectivity index (χ4n) is 3.01. The van der Waals surface area contributed by atoms with Crippen LogP contribution in [0.25, 0.3) is 22.4 Å². The Labute approximate surface area is 177 Å². The second-order valence-corrected chi connectivity index (χ2v) is 9.00. The van der Waals surface area contributed by atoms with Gasteiger partial charge in [0.2, 0.25) is 0 Å². The molecule has 0 fully saturated rings. The van der Waals surface area contributed by atoms with Crippen molar-refractivity contribution in [2.75, 3.05) is 11.4 Å². The van der Waals surface area contributed by atoms with Crippen LogP contribution in [0.5, 0.6) is 0 Å². The number of fused-ring (bicyclic) bond motifs is 1. The fourth-order valence-corrected chi connectivity index (χ4v) is 4.33. The van der Waals surface area contributed by atoms with Gasteiger partial charge >= 0.3 is 5.97 Å².